The maximum atomic E-state index is 4.10. The second kappa shape index (κ2) is 5.49. The number of hydrogen-bond acceptors (Lipinski definition) is 2. The van der Waals surface area contributed by atoms with E-state index in [1.807, 2.05) is 6.20 Å². The van der Waals surface area contributed by atoms with E-state index in [1.165, 1.54) is 36.1 Å². The molecule has 2 unspecified atom stereocenters. The van der Waals surface area contributed by atoms with Crippen LogP contribution in [0.25, 0.3) is 5.57 Å². The maximum Gasteiger partial charge on any atom is 0.0607 e. The normalized spacial score (nSPS) is 25.6. The van der Waals surface area contributed by atoms with Gasteiger partial charge in [-0.1, -0.05) is 42.8 Å². The minimum Gasteiger partial charge on any atom is -0.289 e. The summed E-state index contributed by atoms with van der Waals surface area (Å²) >= 11 is 0. The lowest BCUT2D eigenvalue weighted by Crippen LogP contribution is -2.47. The van der Waals surface area contributed by atoms with Crippen LogP contribution in [0, 0.1) is 0 Å². The fourth-order valence-electron chi connectivity index (χ4n) is 3.79. The van der Waals surface area contributed by atoms with Crippen LogP contribution in [0.1, 0.15) is 36.9 Å². The van der Waals surface area contributed by atoms with Gasteiger partial charge < -0.3 is 0 Å². The summed E-state index contributed by atoms with van der Waals surface area (Å²) < 4.78 is 0. The predicted molar refractivity (Wildman–Crippen MR) is 84.6 cm³/mol. The molecule has 0 spiro atoms. The molecule has 108 valence electrons. The molecule has 0 saturated carbocycles. The van der Waals surface area contributed by atoms with Gasteiger partial charge >= 0.3 is 0 Å². The molecule has 2 bridgehead atoms. The average Bonchev–Trinajstić information content (AvgIpc) is 3.02. The van der Waals surface area contributed by atoms with Gasteiger partial charge in [0.1, 0.15) is 0 Å². The molecule has 3 heteroatoms. The van der Waals surface area contributed by atoms with Crippen molar-refractivity contribution in [2.75, 3.05) is 0 Å². The van der Waals surface area contributed by atoms with Gasteiger partial charge in [-0.15, -0.1) is 0 Å². The van der Waals surface area contributed by atoms with Crippen molar-refractivity contribution in [3.05, 3.63) is 59.9 Å². The van der Waals surface area contributed by atoms with Crippen molar-refractivity contribution < 1.29 is 0 Å². The number of fused-ring (bicyclic) bond motifs is 2. The molecule has 1 saturated heterocycles. The summed E-state index contributed by atoms with van der Waals surface area (Å²) in [5.74, 6) is 0. The number of hydrogen-bond donors (Lipinski definition) is 1. The van der Waals surface area contributed by atoms with Gasteiger partial charge in [-0.3, -0.25) is 10.00 Å². The summed E-state index contributed by atoms with van der Waals surface area (Å²) in [6.45, 7) is 1.07. The van der Waals surface area contributed by atoms with Gasteiger partial charge in [0.25, 0.3) is 0 Å². The molecule has 0 aliphatic carbocycles. The molecular weight excluding hydrogens is 258 g/mol. The van der Waals surface area contributed by atoms with E-state index >= 15 is 0 Å². The molecule has 2 aliphatic rings. The molecule has 1 aromatic carbocycles. The average molecular weight is 279 g/mol. The summed E-state index contributed by atoms with van der Waals surface area (Å²) in [6, 6.07) is 14.2. The van der Waals surface area contributed by atoms with E-state index in [0.29, 0.717) is 12.1 Å². The second-order valence-electron chi connectivity index (χ2n) is 6.18. The van der Waals surface area contributed by atoms with E-state index in [9.17, 15) is 0 Å². The van der Waals surface area contributed by atoms with Crippen molar-refractivity contribution in [3.63, 3.8) is 0 Å². The van der Waals surface area contributed by atoms with Crippen molar-refractivity contribution in [1.82, 2.24) is 15.1 Å². The summed E-state index contributed by atoms with van der Waals surface area (Å²) in [6.07, 6.45) is 9.41. The first-order valence-corrected chi connectivity index (χ1v) is 7.90. The number of benzene rings is 1. The van der Waals surface area contributed by atoms with Crippen LogP contribution < -0.4 is 0 Å². The molecule has 0 radical (unpaired) electrons. The van der Waals surface area contributed by atoms with Crippen molar-refractivity contribution in [3.8, 4) is 0 Å². The Labute approximate surface area is 125 Å². The third-order valence-electron chi connectivity index (χ3n) is 4.84. The fourth-order valence-corrected chi connectivity index (χ4v) is 3.79. The Morgan fingerprint density at radius 2 is 2.05 bits per heavy atom. The monoisotopic (exact) mass is 279 g/mol. The molecule has 1 fully saturated rings. The molecular formula is C18H21N3. The predicted octanol–water partition coefficient (Wildman–Crippen LogP) is 3.62. The minimum absolute atomic E-state index is 0.580. The van der Waals surface area contributed by atoms with Crippen molar-refractivity contribution in [1.29, 1.82) is 0 Å². The van der Waals surface area contributed by atoms with Gasteiger partial charge in [0.05, 0.1) is 5.69 Å². The van der Waals surface area contributed by atoms with Gasteiger partial charge in [-0.05, 0) is 36.5 Å². The van der Waals surface area contributed by atoms with E-state index in [1.54, 1.807) is 0 Å². The highest BCUT2D eigenvalue weighted by Gasteiger charge is 2.34. The Morgan fingerprint density at radius 3 is 2.81 bits per heavy atom. The van der Waals surface area contributed by atoms with Gasteiger partial charge in [0.15, 0.2) is 0 Å². The van der Waals surface area contributed by atoms with Crippen LogP contribution in [0.2, 0.25) is 0 Å². The molecule has 2 atom stereocenters. The number of nitrogens with one attached hydrogen (secondary N) is 1. The molecule has 3 heterocycles. The van der Waals surface area contributed by atoms with E-state index in [-0.39, 0.29) is 0 Å². The van der Waals surface area contributed by atoms with Crippen LogP contribution in [0.15, 0.2) is 48.7 Å². The van der Waals surface area contributed by atoms with Crippen LogP contribution >= 0.6 is 0 Å². The molecule has 1 N–H and O–H groups in total. The Bertz CT molecular complexity index is 615. The van der Waals surface area contributed by atoms with E-state index in [4.69, 9.17) is 0 Å². The third kappa shape index (κ3) is 2.54. The smallest absolute Gasteiger partial charge is 0.0607 e. The first kappa shape index (κ1) is 12.8. The first-order valence-electron chi connectivity index (χ1n) is 7.90. The quantitative estimate of drug-likeness (QED) is 0.930. The minimum atomic E-state index is 0.580. The summed E-state index contributed by atoms with van der Waals surface area (Å²) in [5.41, 5.74) is 4.07. The molecule has 4 rings (SSSR count). The van der Waals surface area contributed by atoms with Crippen LogP contribution in [-0.4, -0.2) is 27.2 Å². The standard InChI is InChI=1S/C18H21N3/c1-2-5-14(6-3-1)13-21-16-7-4-8-17(21)12-15(11-16)18-9-10-19-20-18/h1-3,5-6,9-11,16-17H,4,7-8,12-13H2,(H,19,20). The highest BCUT2D eigenvalue weighted by Crippen LogP contribution is 2.37. The molecule has 2 aromatic rings. The summed E-state index contributed by atoms with van der Waals surface area (Å²) in [7, 11) is 0. The number of H-pyrrole nitrogens is 1. The van der Waals surface area contributed by atoms with Gasteiger partial charge in [-0.2, -0.15) is 5.10 Å². The van der Waals surface area contributed by atoms with Crippen LogP contribution in [0.3, 0.4) is 0 Å². The van der Waals surface area contributed by atoms with Crippen LogP contribution in [0.4, 0.5) is 0 Å². The summed E-state index contributed by atoms with van der Waals surface area (Å²) in [5, 5.41) is 7.22. The van der Waals surface area contributed by atoms with Gasteiger partial charge in [0.2, 0.25) is 0 Å². The zero-order valence-corrected chi connectivity index (χ0v) is 12.2. The first-order chi connectivity index (χ1) is 10.4. The van der Waals surface area contributed by atoms with E-state index in [0.717, 1.165) is 13.0 Å². The fraction of sp³-hybridized carbons (Fsp3) is 0.389. The second-order valence-corrected chi connectivity index (χ2v) is 6.18. The van der Waals surface area contributed by atoms with Crippen molar-refractivity contribution in [2.24, 2.45) is 0 Å². The number of piperidine rings is 1. The highest BCUT2D eigenvalue weighted by molar-refractivity contribution is 5.64. The Hall–Kier alpha value is -1.87. The van der Waals surface area contributed by atoms with E-state index < -0.39 is 0 Å². The molecule has 0 amide bonds. The zero-order valence-electron chi connectivity index (χ0n) is 12.2. The SMILES string of the molecule is C1=C(c2ccn[nH]2)CC2CCCC1N2Cc1ccccc1. The van der Waals surface area contributed by atoms with Crippen LogP contribution in [-0.2, 0) is 6.54 Å². The molecule has 1 aromatic heterocycles. The van der Waals surface area contributed by atoms with Gasteiger partial charge in [0, 0.05) is 24.8 Å². The Kier molecular flexibility index (Phi) is 3.36. The topological polar surface area (TPSA) is 31.9 Å². The van der Waals surface area contributed by atoms with Crippen LogP contribution in [0.5, 0.6) is 0 Å². The van der Waals surface area contributed by atoms with Gasteiger partial charge in [-0.25, -0.2) is 0 Å². The Balaban J connectivity index is 1.59. The number of aromatic nitrogens is 2. The van der Waals surface area contributed by atoms with E-state index in [2.05, 4.69) is 57.6 Å². The Morgan fingerprint density at radius 1 is 1.14 bits per heavy atom. The largest absolute Gasteiger partial charge is 0.289 e. The lowest BCUT2D eigenvalue weighted by molar-refractivity contribution is 0.0950. The lowest BCUT2D eigenvalue weighted by Gasteiger charge is -2.45. The molecule has 2 aliphatic heterocycles. The zero-order chi connectivity index (χ0) is 14.1. The number of rotatable bonds is 3. The highest BCUT2D eigenvalue weighted by atomic mass is 15.2. The maximum absolute atomic E-state index is 4.10. The molecule has 3 nitrogen and oxygen atoms in total. The number of nitrogens with zero attached hydrogens (tertiary/aromatic N) is 2. The van der Waals surface area contributed by atoms with Crippen molar-refractivity contribution in [2.45, 2.75) is 44.3 Å². The number of aromatic amines is 1. The van der Waals surface area contributed by atoms with Crippen molar-refractivity contribution >= 4 is 5.57 Å². The third-order valence-corrected chi connectivity index (χ3v) is 4.84. The molecule has 21 heavy (non-hydrogen) atoms. The lowest BCUT2D eigenvalue weighted by atomic mass is 9.84. The summed E-state index contributed by atoms with van der Waals surface area (Å²) in [4.78, 5) is 2.69.